The summed E-state index contributed by atoms with van der Waals surface area (Å²) in [6.07, 6.45) is 0. The molecule has 0 atom stereocenters. The van der Waals surface area contributed by atoms with Crippen LogP contribution >= 0.6 is 38.9 Å². The maximum Gasteiger partial charge on any atom is 0.300 e. The largest absolute Gasteiger partial charge is 0.300 e. The highest BCUT2D eigenvalue weighted by Crippen LogP contribution is 2.37. The molecule has 6 nitrogen and oxygen atoms in total. The summed E-state index contributed by atoms with van der Waals surface area (Å²) in [7, 11) is -4.04. The molecule has 0 radical (unpaired) electrons. The maximum atomic E-state index is 13.1. The van der Waals surface area contributed by atoms with Gasteiger partial charge in [0.25, 0.3) is 15.7 Å². The van der Waals surface area contributed by atoms with Crippen molar-refractivity contribution in [2.75, 3.05) is 4.72 Å². The third-order valence-electron chi connectivity index (χ3n) is 2.28. The van der Waals surface area contributed by atoms with Crippen LogP contribution in [0, 0.1) is 15.9 Å². The lowest BCUT2D eigenvalue weighted by atomic mass is 10.3. The highest BCUT2D eigenvalue weighted by Gasteiger charge is 2.25. The van der Waals surface area contributed by atoms with Crippen molar-refractivity contribution in [1.29, 1.82) is 0 Å². The minimum atomic E-state index is -4.04. The number of halogens is 3. The number of benzene rings is 1. The van der Waals surface area contributed by atoms with Crippen molar-refractivity contribution in [3.8, 4) is 0 Å². The van der Waals surface area contributed by atoms with Gasteiger partial charge in [0.1, 0.15) is 10.0 Å². The molecule has 0 aliphatic rings. The van der Waals surface area contributed by atoms with Crippen LogP contribution in [-0.2, 0) is 10.0 Å². The molecule has 0 spiro atoms. The summed E-state index contributed by atoms with van der Waals surface area (Å²) in [6.45, 7) is 0. The summed E-state index contributed by atoms with van der Waals surface area (Å²) in [4.78, 5) is 9.90. The van der Waals surface area contributed by atoms with Crippen LogP contribution in [0.3, 0.4) is 0 Å². The number of hydrogen-bond donors (Lipinski definition) is 1. The van der Waals surface area contributed by atoms with E-state index in [4.69, 9.17) is 11.6 Å². The average Bonchev–Trinajstić information content (AvgIpc) is 2.77. The third-order valence-corrected chi connectivity index (χ3v) is 6.08. The van der Waals surface area contributed by atoms with Crippen LogP contribution in [0.4, 0.5) is 15.8 Å². The second-order valence-corrected chi connectivity index (χ2v) is 8.13. The highest BCUT2D eigenvalue weighted by atomic mass is 79.9. The van der Waals surface area contributed by atoms with Crippen LogP contribution in [0.15, 0.2) is 32.9 Å². The molecule has 0 aliphatic carbocycles. The molecule has 112 valence electrons. The molecule has 0 aliphatic heterocycles. The molecular formula is C10H5BrClFN2O4S2. The van der Waals surface area contributed by atoms with Crippen LogP contribution in [0.2, 0.25) is 4.34 Å². The van der Waals surface area contributed by atoms with Gasteiger partial charge in [0, 0.05) is 6.07 Å². The predicted octanol–water partition coefficient (Wildman–Crippen LogP) is 4.01. The monoisotopic (exact) mass is 414 g/mol. The topological polar surface area (TPSA) is 89.3 Å². The SMILES string of the molecule is O=[N+]([O-])c1cc(S(=O)(=O)Nc2ccc(F)c(Br)c2)sc1Cl. The summed E-state index contributed by atoms with van der Waals surface area (Å²) < 4.78 is 39.0. The molecule has 2 rings (SSSR count). The summed E-state index contributed by atoms with van der Waals surface area (Å²) in [5.41, 5.74) is -0.377. The minimum absolute atomic E-state index is 0.0814. The van der Waals surface area contributed by atoms with Crippen LogP contribution < -0.4 is 4.72 Å². The zero-order valence-electron chi connectivity index (χ0n) is 9.84. The van der Waals surface area contributed by atoms with Crippen LogP contribution in [0.1, 0.15) is 0 Å². The van der Waals surface area contributed by atoms with Crippen LogP contribution in [0.25, 0.3) is 0 Å². The number of nitrogens with one attached hydrogen (secondary N) is 1. The Morgan fingerprint density at radius 3 is 2.57 bits per heavy atom. The summed E-state index contributed by atoms with van der Waals surface area (Å²) in [5, 5.41) is 10.7. The number of thiophene rings is 1. The molecular weight excluding hydrogens is 411 g/mol. The number of nitrogens with zero attached hydrogens (tertiary/aromatic N) is 1. The molecule has 1 aromatic heterocycles. The van der Waals surface area contributed by atoms with Gasteiger partial charge in [-0.2, -0.15) is 0 Å². The second-order valence-electron chi connectivity index (χ2n) is 3.72. The Balaban J connectivity index is 2.36. The second kappa shape index (κ2) is 5.87. The molecule has 0 saturated carbocycles. The van der Waals surface area contributed by atoms with Gasteiger partial charge in [0.05, 0.1) is 15.1 Å². The number of sulfonamides is 1. The Labute approximate surface area is 135 Å². The fraction of sp³-hybridized carbons (Fsp3) is 0. The highest BCUT2D eigenvalue weighted by molar-refractivity contribution is 9.10. The molecule has 0 fully saturated rings. The first-order chi connectivity index (χ1) is 9.70. The number of anilines is 1. The molecule has 0 saturated heterocycles. The average molecular weight is 416 g/mol. The molecule has 0 amide bonds. The molecule has 1 heterocycles. The van der Waals surface area contributed by atoms with E-state index in [0.29, 0.717) is 11.3 Å². The van der Waals surface area contributed by atoms with Gasteiger partial charge in [-0.3, -0.25) is 14.8 Å². The van der Waals surface area contributed by atoms with E-state index in [-0.39, 0.29) is 18.7 Å². The molecule has 1 aromatic carbocycles. The van der Waals surface area contributed by atoms with Gasteiger partial charge >= 0.3 is 0 Å². The van der Waals surface area contributed by atoms with Gasteiger partial charge in [0.2, 0.25) is 0 Å². The molecule has 1 N–H and O–H groups in total. The van der Waals surface area contributed by atoms with E-state index in [1.54, 1.807) is 0 Å². The summed E-state index contributed by atoms with van der Waals surface area (Å²) in [5.74, 6) is -0.548. The minimum Gasteiger partial charge on any atom is -0.279 e. The fourth-order valence-electron chi connectivity index (χ4n) is 1.36. The van der Waals surface area contributed by atoms with Crippen LogP contribution in [0.5, 0.6) is 0 Å². The Kier molecular flexibility index (Phi) is 4.51. The van der Waals surface area contributed by atoms with Gasteiger partial charge in [-0.25, -0.2) is 12.8 Å². The van der Waals surface area contributed by atoms with Crippen molar-refractivity contribution in [2.24, 2.45) is 0 Å². The van der Waals surface area contributed by atoms with E-state index in [9.17, 15) is 22.9 Å². The maximum absolute atomic E-state index is 13.1. The Hall–Kier alpha value is -1.23. The van der Waals surface area contributed by atoms with Crippen molar-refractivity contribution in [2.45, 2.75) is 4.21 Å². The van der Waals surface area contributed by atoms with Gasteiger partial charge < -0.3 is 0 Å². The van der Waals surface area contributed by atoms with Gasteiger partial charge in [-0.15, -0.1) is 11.3 Å². The first kappa shape index (κ1) is 16.1. The Morgan fingerprint density at radius 1 is 1.38 bits per heavy atom. The third kappa shape index (κ3) is 3.51. The van der Waals surface area contributed by atoms with Crippen molar-refractivity contribution >= 4 is 60.3 Å². The predicted molar refractivity (Wildman–Crippen MR) is 80.9 cm³/mol. The van der Waals surface area contributed by atoms with E-state index in [1.165, 1.54) is 12.1 Å². The van der Waals surface area contributed by atoms with Gasteiger partial charge in [0.15, 0.2) is 4.34 Å². The number of rotatable bonds is 4. The smallest absolute Gasteiger partial charge is 0.279 e. The summed E-state index contributed by atoms with van der Waals surface area (Å²) >= 11 is 9.11. The van der Waals surface area contributed by atoms with Crippen molar-refractivity contribution in [3.05, 3.63) is 49.0 Å². The lowest BCUT2D eigenvalue weighted by molar-refractivity contribution is -0.384. The van der Waals surface area contributed by atoms with Crippen molar-refractivity contribution < 1.29 is 17.7 Å². The molecule has 2 aromatic rings. The quantitative estimate of drug-likeness (QED) is 0.603. The molecule has 0 bridgehead atoms. The lowest BCUT2D eigenvalue weighted by Crippen LogP contribution is -2.11. The van der Waals surface area contributed by atoms with E-state index < -0.39 is 26.5 Å². The summed E-state index contributed by atoms with van der Waals surface area (Å²) in [6, 6.07) is 4.40. The number of hydrogen-bond acceptors (Lipinski definition) is 5. The van der Waals surface area contributed by atoms with Crippen molar-refractivity contribution in [1.82, 2.24) is 0 Å². The van der Waals surface area contributed by atoms with Crippen molar-refractivity contribution in [3.63, 3.8) is 0 Å². The molecule has 11 heteroatoms. The standard InChI is InChI=1S/C10H5BrClFN2O4S2/c11-6-3-5(1-2-7(6)13)14-21(18,19)9-4-8(15(16)17)10(12)20-9/h1-4,14H. The van der Waals surface area contributed by atoms with E-state index >= 15 is 0 Å². The Bertz CT molecular complexity index is 824. The normalized spacial score (nSPS) is 11.4. The van der Waals surface area contributed by atoms with Gasteiger partial charge in [-0.05, 0) is 34.1 Å². The van der Waals surface area contributed by atoms with E-state index in [2.05, 4.69) is 20.7 Å². The fourth-order valence-corrected chi connectivity index (χ4v) is 4.45. The molecule has 0 unspecified atom stereocenters. The number of nitro groups is 1. The first-order valence-electron chi connectivity index (χ1n) is 5.12. The Morgan fingerprint density at radius 2 is 2.05 bits per heavy atom. The van der Waals surface area contributed by atoms with E-state index in [1.807, 2.05) is 0 Å². The lowest BCUT2D eigenvalue weighted by Gasteiger charge is -2.06. The van der Waals surface area contributed by atoms with Gasteiger partial charge in [-0.1, -0.05) is 11.6 Å². The van der Waals surface area contributed by atoms with E-state index in [0.717, 1.165) is 12.1 Å². The molecule has 21 heavy (non-hydrogen) atoms. The first-order valence-corrected chi connectivity index (χ1v) is 8.59. The van der Waals surface area contributed by atoms with Crippen LogP contribution in [-0.4, -0.2) is 13.3 Å². The zero-order valence-corrected chi connectivity index (χ0v) is 13.8. The zero-order chi connectivity index (χ0) is 15.8.